The van der Waals surface area contributed by atoms with Crippen molar-refractivity contribution >= 4 is 49.1 Å². The lowest BCUT2D eigenvalue weighted by atomic mass is 10.1. The van der Waals surface area contributed by atoms with Crippen LogP contribution in [0.5, 0.6) is 11.5 Å². The summed E-state index contributed by atoms with van der Waals surface area (Å²) in [6, 6.07) is 17.8. The summed E-state index contributed by atoms with van der Waals surface area (Å²) < 4.78 is 13.5. The molecule has 0 heterocycles. The molecule has 0 bridgehead atoms. The van der Waals surface area contributed by atoms with Gasteiger partial charge in [0.2, 0.25) is 0 Å². The third kappa shape index (κ3) is 5.43. The molecule has 3 aromatic carbocycles. The van der Waals surface area contributed by atoms with Crippen LogP contribution in [-0.4, -0.2) is 7.11 Å². The molecule has 0 aliphatic carbocycles. The first-order valence-electron chi connectivity index (χ1n) is 8.70. The zero-order chi connectivity index (χ0) is 20.1. The van der Waals surface area contributed by atoms with E-state index in [4.69, 9.17) is 21.1 Å². The first-order valence-corrected chi connectivity index (χ1v) is 10.7. The Kier molecular flexibility index (Phi) is 7.27. The molecule has 0 aromatic heterocycles. The maximum absolute atomic E-state index is 5.99. The lowest BCUT2D eigenvalue weighted by Gasteiger charge is -2.16. The van der Waals surface area contributed by atoms with Crippen LogP contribution in [0.3, 0.4) is 0 Å². The third-order valence-corrected chi connectivity index (χ3v) is 5.59. The average Bonchev–Trinajstić information content (AvgIpc) is 2.67. The van der Waals surface area contributed by atoms with Crippen molar-refractivity contribution < 1.29 is 9.47 Å². The molecule has 0 fully saturated rings. The Morgan fingerprint density at radius 1 is 0.964 bits per heavy atom. The predicted octanol–water partition coefficient (Wildman–Crippen LogP) is 7.37. The number of hydrogen-bond donors (Lipinski definition) is 1. The molecule has 6 heteroatoms. The maximum Gasteiger partial charge on any atom is 0.175 e. The third-order valence-electron chi connectivity index (χ3n) is 4.26. The fourth-order valence-corrected chi connectivity index (χ4v) is 3.98. The minimum Gasteiger partial charge on any atom is -0.493 e. The number of ether oxygens (including phenoxy) is 2. The van der Waals surface area contributed by atoms with Crippen molar-refractivity contribution in [2.75, 3.05) is 12.4 Å². The number of methoxy groups -OCH3 is 1. The van der Waals surface area contributed by atoms with Crippen LogP contribution in [0.4, 0.5) is 5.69 Å². The van der Waals surface area contributed by atoms with E-state index in [-0.39, 0.29) is 0 Å². The number of anilines is 1. The molecule has 3 nitrogen and oxygen atoms in total. The van der Waals surface area contributed by atoms with Gasteiger partial charge >= 0.3 is 0 Å². The summed E-state index contributed by atoms with van der Waals surface area (Å²) in [5, 5.41) is 4.18. The number of aryl methyl sites for hydroxylation is 1. The van der Waals surface area contributed by atoms with E-state index in [2.05, 4.69) is 56.2 Å². The zero-order valence-electron chi connectivity index (χ0n) is 15.6. The normalized spacial score (nSPS) is 10.6. The van der Waals surface area contributed by atoms with Gasteiger partial charge in [-0.1, -0.05) is 39.7 Å². The van der Waals surface area contributed by atoms with Crippen LogP contribution >= 0.6 is 43.5 Å². The summed E-state index contributed by atoms with van der Waals surface area (Å²) in [6.07, 6.45) is 0. The van der Waals surface area contributed by atoms with Gasteiger partial charge in [-0.3, -0.25) is 0 Å². The van der Waals surface area contributed by atoms with Crippen molar-refractivity contribution in [2.45, 2.75) is 20.1 Å². The van der Waals surface area contributed by atoms with Crippen LogP contribution in [0.15, 0.2) is 63.5 Å². The first kappa shape index (κ1) is 21.0. The SMILES string of the molecule is COc1cc(CNc2ccc(Br)cc2C)cc(Br)c1OCc1ccc(Cl)cc1. The van der Waals surface area contributed by atoms with Crippen LogP contribution < -0.4 is 14.8 Å². The van der Waals surface area contributed by atoms with Crippen molar-refractivity contribution in [1.82, 2.24) is 0 Å². The van der Waals surface area contributed by atoms with E-state index in [9.17, 15) is 0 Å². The molecular weight excluding hydrogens is 506 g/mol. The van der Waals surface area contributed by atoms with E-state index in [0.717, 1.165) is 25.8 Å². The smallest absolute Gasteiger partial charge is 0.175 e. The Morgan fingerprint density at radius 3 is 2.39 bits per heavy atom. The summed E-state index contributed by atoms with van der Waals surface area (Å²) in [7, 11) is 1.65. The van der Waals surface area contributed by atoms with Crippen LogP contribution in [-0.2, 0) is 13.2 Å². The molecule has 0 unspecified atom stereocenters. The van der Waals surface area contributed by atoms with Gasteiger partial charge in [0, 0.05) is 21.7 Å². The van der Waals surface area contributed by atoms with Gasteiger partial charge in [-0.15, -0.1) is 0 Å². The molecule has 3 rings (SSSR count). The van der Waals surface area contributed by atoms with Gasteiger partial charge in [0.25, 0.3) is 0 Å². The molecule has 0 saturated heterocycles. The topological polar surface area (TPSA) is 30.5 Å². The van der Waals surface area contributed by atoms with Gasteiger partial charge < -0.3 is 14.8 Å². The van der Waals surface area contributed by atoms with Crippen molar-refractivity contribution in [2.24, 2.45) is 0 Å². The fourth-order valence-electron chi connectivity index (χ4n) is 2.77. The molecule has 0 aliphatic heterocycles. The van der Waals surface area contributed by atoms with E-state index >= 15 is 0 Å². The second-order valence-corrected chi connectivity index (χ2v) is 8.54. The largest absolute Gasteiger partial charge is 0.493 e. The van der Waals surface area contributed by atoms with Crippen LogP contribution in [0.25, 0.3) is 0 Å². The average molecular weight is 526 g/mol. The van der Waals surface area contributed by atoms with Crippen LogP contribution in [0.1, 0.15) is 16.7 Å². The van der Waals surface area contributed by atoms with E-state index in [1.54, 1.807) is 7.11 Å². The molecule has 3 aromatic rings. The summed E-state index contributed by atoms with van der Waals surface area (Å²) >= 11 is 13.0. The number of rotatable bonds is 7. The standard InChI is InChI=1S/C22H20Br2ClNO2/c1-14-9-17(23)5-8-20(14)26-12-16-10-19(24)22(21(11-16)27-2)28-13-15-3-6-18(25)7-4-15/h3-11,26H,12-13H2,1-2H3. The summed E-state index contributed by atoms with van der Waals surface area (Å²) in [6.45, 7) is 3.19. The molecule has 0 amide bonds. The number of hydrogen-bond acceptors (Lipinski definition) is 3. The van der Waals surface area contributed by atoms with Crippen molar-refractivity contribution in [3.8, 4) is 11.5 Å². The molecule has 146 valence electrons. The highest BCUT2D eigenvalue weighted by atomic mass is 79.9. The highest BCUT2D eigenvalue weighted by molar-refractivity contribution is 9.10. The van der Waals surface area contributed by atoms with E-state index in [0.29, 0.717) is 29.7 Å². The molecule has 28 heavy (non-hydrogen) atoms. The number of benzene rings is 3. The van der Waals surface area contributed by atoms with Crippen molar-refractivity contribution in [3.63, 3.8) is 0 Å². The molecule has 1 N–H and O–H groups in total. The monoisotopic (exact) mass is 523 g/mol. The minimum absolute atomic E-state index is 0.432. The Hall–Kier alpha value is -1.69. The fraction of sp³-hybridized carbons (Fsp3) is 0.182. The molecule has 0 atom stereocenters. The van der Waals surface area contributed by atoms with E-state index in [1.165, 1.54) is 5.56 Å². The minimum atomic E-state index is 0.432. The van der Waals surface area contributed by atoms with E-state index in [1.807, 2.05) is 42.5 Å². The van der Waals surface area contributed by atoms with Gasteiger partial charge in [-0.2, -0.15) is 0 Å². The summed E-state index contributed by atoms with van der Waals surface area (Å²) in [4.78, 5) is 0. The molecule has 0 spiro atoms. The lowest BCUT2D eigenvalue weighted by molar-refractivity contribution is 0.282. The second kappa shape index (κ2) is 9.68. The molecule has 0 radical (unpaired) electrons. The molecule has 0 aliphatic rings. The highest BCUT2D eigenvalue weighted by Crippen LogP contribution is 2.37. The van der Waals surface area contributed by atoms with E-state index < -0.39 is 0 Å². The molecule has 0 saturated carbocycles. The quantitative estimate of drug-likeness (QED) is 0.349. The Morgan fingerprint density at radius 2 is 1.71 bits per heavy atom. The van der Waals surface area contributed by atoms with Gasteiger partial charge in [-0.25, -0.2) is 0 Å². The van der Waals surface area contributed by atoms with Gasteiger partial charge in [0.1, 0.15) is 6.61 Å². The Bertz CT molecular complexity index is 961. The van der Waals surface area contributed by atoms with Gasteiger partial charge in [0.05, 0.1) is 11.6 Å². The van der Waals surface area contributed by atoms with Crippen molar-refractivity contribution in [3.05, 3.63) is 85.3 Å². The first-order chi connectivity index (χ1) is 13.5. The Balaban J connectivity index is 1.72. The maximum atomic E-state index is 5.99. The predicted molar refractivity (Wildman–Crippen MR) is 123 cm³/mol. The number of nitrogens with one attached hydrogen (secondary N) is 1. The summed E-state index contributed by atoms with van der Waals surface area (Å²) in [5.41, 5.74) is 4.41. The highest BCUT2D eigenvalue weighted by Gasteiger charge is 2.12. The summed E-state index contributed by atoms with van der Waals surface area (Å²) in [5.74, 6) is 1.37. The second-order valence-electron chi connectivity index (χ2n) is 6.34. The van der Waals surface area contributed by atoms with Gasteiger partial charge in [0.15, 0.2) is 11.5 Å². The molecular formula is C22H20Br2ClNO2. The van der Waals surface area contributed by atoms with Crippen molar-refractivity contribution in [1.29, 1.82) is 0 Å². The zero-order valence-corrected chi connectivity index (χ0v) is 19.5. The lowest BCUT2D eigenvalue weighted by Crippen LogP contribution is -2.03. The number of halogens is 3. The van der Waals surface area contributed by atoms with Crippen LogP contribution in [0, 0.1) is 6.92 Å². The van der Waals surface area contributed by atoms with Gasteiger partial charge in [-0.05, 0) is 82.0 Å². The Labute approximate surface area is 187 Å². The van der Waals surface area contributed by atoms with Crippen LogP contribution in [0.2, 0.25) is 5.02 Å².